The number of rotatable bonds is 4. The molecule has 0 bridgehead atoms. The number of aryl methyl sites for hydroxylation is 1. The van der Waals surface area contributed by atoms with Gasteiger partial charge in [0, 0.05) is 43.5 Å². The first-order valence-electron chi connectivity index (χ1n) is 8.85. The number of carbonyl (C=O) groups excluding carboxylic acids is 1. The molecule has 1 aliphatic heterocycles. The van der Waals surface area contributed by atoms with E-state index in [0.29, 0.717) is 12.2 Å². The molecule has 0 unspecified atom stereocenters. The van der Waals surface area contributed by atoms with Crippen molar-refractivity contribution in [2.45, 2.75) is 38.8 Å². The number of imidazole rings is 1. The molecule has 1 N–H and O–H groups in total. The van der Waals surface area contributed by atoms with Crippen LogP contribution in [0.25, 0.3) is 5.65 Å². The highest BCUT2D eigenvalue weighted by molar-refractivity contribution is 5.92. The first-order chi connectivity index (χ1) is 12.7. The summed E-state index contributed by atoms with van der Waals surface area (Å²) in [4.78, 5) is 25.5. The lowest BCUT2D eigenvalue weighted by atomic mass is 10.1. The van der Waals surface area contributed by atoms with E-state index in [4.69, 9.17) is 4.74 Å². The van der Waals surface area contributed by atoms with Crippen molar-refractivity contribution in [3.05, 3.63) is 59.6 Å². The number of ether oxygens (including phenoxy) is 1. The third-order valence-electron chi connectivity index (χ3n) is 4.48. The van der Waals surface area contributed by atoms with E-state index in [9.17, 15) is 4.79 Å². The van der Waals surface area contributed by atoms with Crippen LogP contribution in [0.2, 0.25) is 0 Å². The summed E-state index contributed by atoms with van der Waals surface area (Å²) in [6, 6.07) is 3.87. The lowest BCUT2D eigenvalue weighted by molar-refractivity contribution is 0.00940. The number of hydrogen-bond acceptors (Lipinski definition) is 5. The number of hydrogen-bond donors (Lipinski definition) is 1. The zero-order chi connectivity index (χ0) is 17.9. The van der Waals surface area contributed by atoms with Gasteiger partial charge in [-0.2, -0.15) is 0 Å². The molecule has 0 spiro atoms. The Bertz CT molecular complexity index is 913. The van der Waals surface area contributed by atoms with Gasteiger partial charge in [-0.3, -0.25) is 4.79 Å². The van der Waals surface area contributed by atoms with Crippen molar-refractivity contribution in [1.29, 1.82) is 0 Å². The Kier molecular flexibility index (Phi) is 4.62. The molecule has 0 radical (unpaired) electrons. The van der Waals surface area contributed by atoms with E-state index >= 15 is 0 Å². The van der Waals surface area contributed by atoms with Gasteiger partial charge in [0.15, 0.2) is 5.82 Å². The fourth-order valence-corrected chi connectivity index (χ4v) is 3.05. The van der Waals surface area contributed by atoms with Crippen LogP contribution in [0.4, 0.5) is 0 Å². The molecule has 0 aliphatic carbocycles. The Morgan fingerprint density at radius 1 is 1.27 bits per heavy atom. The van der Waals surface area contributed by atoms with Gasteiger partial charge in [-0.05, 0) is 37.8 Å². The van der Waals surface area contributed by atoms with E-state index < -0.39 is 0 Å². The third-order valence-corrected chi connectivity index (χ3v) is 4.48. The van der Waals surface area contributed by atoms with E-state index in [-0.39, 0.29) is 12.0 Å². The molecule has 0 saturated carbocycles. The maximum atomic E-state index is 12.3. The molecule has 134 valence electrons. The van der Waals surface area contributed by atoms with Crippen molar-refractivity contribution >= 4 is 11.6 Å². The molecule has 26 heavy (non-hydrogen) atoms. The number of aromatic nitrogens is 4. The second-order valence-corrected chi connectivity index (χ2v) is 6.59. The Morgan fingerprint density at radius 2 is 2.12 bits per heavy atom. The maximum absolute atomic E-state index is 12.3. The Balaban J connectivity index is 1.38. The fraction of sp³-hybridized carbons (Fsp3) is 0.368. The van der Waals surface area contributed by atoms with Crippen LogP contribution >= 0.6 is 0 Å². The number of pyridine rings is 1. The largest absolute Gasteiger partial charge is 0.370 e. The number of carbonyl (C=O) groups is 1. The van der Waals surface area contributed by atoms with Crippen molar-refractivity contribution in [3.63, 3.8) is 0 Å². The van der Waals surface area contributed by atoms with Crippen LogP contribution < -0.4 is 5.32 Å². The molecule has 0 aromatic carbocycles. The van der Waals surface area contributed by atoms with Crippen molar-refractivity contribution in [2.24, 2.45) is 0 Å². The zero-order valence-electron chi connectivity index (χ0n) is 14.7. The molecule has 1 fully saturated rings. The van der Waals surface area contributed by atoms with E-state index in [1.54, 1.807) is 18.6 Å². The predicted molar refractivity (Wildman–Crippen MR) is 95.7 cm³/mol. The second-order valence-electron chi connectivity index (χ2n) is 6.59. The average molecular weight is 351 g/mol. The standard InChI is InChI=1S/C19H21N5O2/c1-13-5-6-17-23-15(12-24(17)11-13)19(25)22-10-14-8-20-18(21-9-14)16-4-2-3-7-26-16/h5-6,8-9,11-12,16H,2-4,7,10H2,1H3,(H,22,25)/t16-/m0/s1. The maximum Gasteiger partial charge on any atom is 0.271 e. The van der Waals surface area contributed by atoms with Crippen molar-refractivity contribution < 1.29 is 9.53 Å². The molecule has 4 rings (SSSR count). The van der Waals surface area contributed by atoms with Gasteiger partial charge < -0.3 is 14.5 Å². The molecular weight excluding hydrogens is 330 g/mol. The summed E-state index contributed by atoms with van der Waals surface area (Å²) >= 11 is 0. The van der Waals surface area contributed by atoms with Crippen LogP contribution in [0.3, 0.4) is 0 Å². The average Bonchev–Trinajstić information content (AvgIpc) is 3.10. The normalized spacial score (nSPS) is 17.3. The Labute approximate surface area is 151 Å². The van der Waals surface area contributed by atoms with Gasteiger partial charge in [0.25, 0.3) is 5.91 Å². The molecular formula is C19H21N5O2. The topological polar surface area (TPSA) is 81.4 Å². The molecule has 1 saturated heterocycles. The summed E-state index contributed by atoms with van der Waals surface area (Å²) in [6.45, 7) is 3.13. The number of fused-ring (bicyclic) bond motifs is 1. The summed E-state index contributed by atoms with van der Waals surface area (Å²) in [5, 5.41) is 2.86. The van der Waals surface area contributed by atoms with Gasteiger partial charge in [0.1, 0.15) is 17.4 Å². The van der Waals surface area contributed by atoms with E-state index in [1.165, 1.54) is 0 Å². The molecule has 7 nitrogen and oxygen atoms in total. The highest BCUT2D eigenvalue weighted by atomic mass is 16.5. The van der Waals surface area contributed by atoms with Crippen molar-refractivity contribution in [3.8, 4) is 0 Å². The van der Waals surface area contributed by atoms with Gasteiger partial charge in [0.2, 0.25) is 0 Å². The first kappa shape index (κ1) is 16.7. The highest BCUT2D eigenvalue weighted by Crippen LogP contribution is 2.24. The molecule has 3 aromatic heterocycles. The van der Waals surface area contributed by atoms with Gasteiger partial charge in [-0.1, -0.05) is 6.07 Å². The molecule has 1 aliphatic rings. The van der Waals surface area contributed by atoms with Gasteiger partial charge >= 0.3 is 0 Å². The Hall–Kier alpha value is -2.80. The third kappa shape index (κ3) is 3.57. The van der Waals surface area contributed by atoms with Gasteiger partial charge in [0.05, 0.1) is 0 Å². The van der Waals surface area contributed by atoms with Crippen LogP contribution in [-0.2, 0) is 11.3 Å². The summed E-state index contributed by atoms with van der Waals surface area (Å²) in [5.41, 5.74) is 3.10. The molecule has 1 atom stereocenters. The van der Waals surface area contributed by atoms with Crippen LogP contribution in [-0.4, -0.2) is 31.9 Å². The van der Waals surface area contributed by atoms with Crippen molar-refractivity contribution in [2.75, 3.05) is 6.61 Å². The van der Waals surface area contributed by atoms with E-state index in [0.717, 1.165) is 48.5 Å². The quantitative estimate of drug-likeness (QED) is 0.781. The lowest BCUT2D eigenvalue weighted by Gasteiger charge is -2.21. The summed E-state index contributed by atoms with van der Waals surface area (Å²) in [5.74, 6) is 0.501. The summed E-state index contributed by atoms with van der Waals surface area (Å²) in [7, 11) is 0. The minimum absolute atomic E-state index is 0.00572. The fourth-order valence-electron chi connectivity index (χ4n) is 3.05. The van der Waals surface area contributed by atoms with Crippen LogP contribution in [0.15, 0.2) is 36.9 Å². The molecule has 4 heterocycles. The SMILES string of the molecule is Cc1ccc2nc(C(=O)NCc3cnc([C@@H]4CCCCO4)nc3)cn2c1. The second kappa shape index (κ2) is 7.21. The van der Waals surface area contributed by atoms with Crippen LogP contribution in [0.5, 0.6) is 0 Å². The number of nitrogens with one attached hydrogen (secondary N) is 1. The highest BCUT2D eigenvalue weighted by Gasteiger charge is 2.18. The summed E-state index contributed by atoms with van der Waals surface area (Å²) < 4.78 is 7.55. The lowest BCUT2D eigenvalue weighted by Crippen LogP contribution is -2.23. The van der Waals surface area contributed by atoms with Crippen LogP contribution in [0.1, 0.15) is 52.8 Å². The van der Waals surface area contributed by atoms with E-state index in [2.05, 4.69) is 20.3 Å². The minimum atomic E-state index is -0.217. The Morgan fingerprint density at radius 3 is 2.88 bits per heavy atom. The predicted octanol–water partition coefficient (Wildman–Crippen LogP) is 2.60. The zero-order valence-corrected chi connectivity index (χ0v) is 14.7. The minimum Gasteiger partial charge on any atom is -0.370 e. The monoisotopic (exact) mass is 351 g/mol. The first-order valence-corrected chi connectivity index (χ1v) is 8.85. The van der Waals surface area contributed by atoms with Crippen LogP contribution in [0, 0.1) is 6.92 Å². The molecule has 1 amide bonds. The van der Waals surface area contributed by atoms with E-state index in [1.807, 2.05) is 29.7 Å². The van der Waals surface area contributed by atoms with Crippen molar-refractivity contribution in [1.82, 2.24) is 24.7 Å². The molecule has 7 heteroatoms. The molecule has 3 aromatic rings. The number of amides is 1. The smallest absolute Gasteiger partial charge is 0.271 e. The number of nitrogens with zero attached hydrogens (tertiary/aromatic N) is 4. The van der Waals surface area contributed by atoms with Gasteiger partial charge in [-0.15, -0.1) is 0 Å². The summed E-state index contributed by atoms with van der Waals surface area (Å²) in [6.07, 6.45) is 10.4. The van der Waals surface area contributed by atoms with Gasteiger partial charge in [-0.25, -0.2) is 15.0 Å².